The normalized spacial score (nSPS) is 10.4. The summed E-state index contributed by atoms with van der Waals surface area (Å²) >= 11 is 6.97. The van der Waals surface area contributed by atoms with Crippen LogP contribution in [-0.4, -0.2) is 16.1 Å². The molecule has 0 aliphatic rings. The summed E-state index contributed by atoms with van der Waals surface area (Å²) < 4.78 is 13.5. The van der Waals surface area contributed by atoms with Gasteiger partial charge in [0.15, 0.2) is 10.8 Å². The number of thiazole rings is 1. The first-order valence-electron chi connectivity index (χ1n) is 4.91. The molecule has 1 aromatic carbocycles. The Morgan fingerprint density at radius 2 is 2.28 bits per heavy atom. The number of aromatic nitrogens is 1. The average Bonchev–Trinajstić information content (AvgIpc) is 2.65. The number of carboxylic acids is 1. The smallest absolute Gasteiger partial charge is 0.355 e. The second-order valence-electron chi connectivity index (χ2n) is 3.45. The molecule has 0 saturated carbocycles. The van der Waals surface area contributed by atoms with E-state index in [1.54, 1.807) is 6.92 Å². The molecular weight excluding hydrogens is 279 g/mol. The molecule has 2 rings (SSSR count). The van der Waals surface area contributed by atoms with Gasteiger partial charge in [0.25, 0.3) is 0 Å². The molecule has 0 amide bonds. The monoisotopic (exact) mass is 286 g/mol. The second-order valence-corrected chi connectivity index (χ2v) is 5.06. The average molecular weight is 287 g/mol. The highest BCUT2D eigenvalue weighted by Gasteiger charge is 2.15. The molecule has 0 bridgehead atoms. The summed E-state index contributed by atoms with van der Waals surface area (Å²) in [6, 6.07) is 4.27. The number of hydrogen-bond donors (Lipinski definition) is 2. The van der Waals surface area contributed by atoms with Crippen molar-refractivity contribution in [3.8, 4) is 0 Å². The van der Waals surface area contributed by atoms with Crippen molar-refractivity contribution in [2.24, 2.45) is 0 Å². The lowest BCUT2D eigenvalue weighted by Crippen LogP contribution is -1.99. The number of hydrogen-bond acceptors (Lipinski definition) is 4. The van der Waals surface area contributed by atoms with Crippen LogP contribution >= 0.6 is 22.9 Å². The molecule has 1 aromatic heterocycles. The van der Waals surface area contributed by atoms with E-state index in [-0.39, 0.29) is 21.5 Å². The van der Waals surface area contributed by atoms with Crippen LogP contribution in [0.3, 0.4) is 0 Å². The van der Waals surface area contributed by atoms with Crippen LogP contribution in [0.1, 0.15) is 15.4 Å². The number of halogens is 2. The van der Waals surface area contributed by atoms with Gasteiger partial charge < -0.3 is 10.4 Å². The van der Waals surface area contributed by atoms with Crippen LogP contribution in [0.15, 0.2) is 18.2 Å². The minimum atomic E-state index is -1.11. The van der Waals surface area contributed by atoms with E-state index in [9.17, 15) is 9.18 Å². The topological polar surface area (TPSA) is 62.2 Å². The number of nitrogens with one attached hydrogen (secondary N) is 1. The second kappa shape index (κ2) is 4.91. The SMILES string of the molecule is Cc1sc(Nc2c(F)cccc2Cl)nc1C(=O)O. The number of aromatic carboxylic acids is 1. The number of nitrogens with zero attached hydrogens (tertiary/aromatic N) is 1. The standard InChI is InChI=1S/C11H8ClFN2O2S/c1-5-8(10(16)17)14-11(18-5)15-9-6(12)3-2-4-7(9)13/h2-4H,1H3,(H,14,15)(H,16,17). The van der Waals surface area contributed by atoms with E-state index in [4.69, 9.17) is 16.7 Å². The van der Waals surface area contributed by atoms with E-state index in [2.05, 4.69) is 10.3 Å². The van der Waals surface area contributed by atoms with Crippen molar-refractivity contribution in [3.05, 3.63) is 39.6 Å². The molecule has 18 heavy (non-hydrogen) atoms. The molecule has 0 fully saturated rings. The van der Waals surface area contributed by atoms with Crippen molar-refractivity contribution in [1.29, 1.82) is 0 Å². The maximum atomic E-state index is 13.5. The van der Waals surface area contributed by atoms with Gasteiger partial charge >= 0.3 is 5.97 Å². The largest absolute Gasteiger partial charge is 0.476 e. The predicted octanol–water partition coefficient (Wildman–Crippen LogP) is 3.69. The highest BCUT2D eigenvalue weighted by molar-refractivity contribution is 7.15. The molecule has 0 spiro atoms. The number of anilines is 2. The third-order valence-corrected chi connectivity index (χ3v) is 3.40. The van der Waals surface area contributed by atoms with Crippen LogP contribution < -0.4 is 5.32 Å². The van der Waals surface area contributed by atoms with E-state index in [1.165, 1.54) is 18.2 Å². The highest BCUT2D eigenvalue weighted by atomic mass is 35.5. The third-order valence-electron chi connectivity index (χ3n) is 2.19. The fourth-order valence-corrected chi connectivity index (χ4v) is 2.39. The lowest BCUT2D eigenvalue weighted by atomic mass is 10.3. The van der Waals surface area contributed by atoms with Crippen LogP contribution in [0.5, 0.6) is 0 Å². The van der Waals surface area contributed by atoms with Gasteiger partial charge in [-0.15, -0.1) is 11.3 Å². The van der Waals surface area contributed by atoms with Gasteiger partial charge in [-0.1, -0.05) is 17.7 Å². The molecule has 7 heteroatoms. The van der Waals surface area contributed by atoms with Crippen LogP contribution in [0, 0.1) is 12.7 Å². The van der Waals surface area contributed by atoms with Gasteiger partial charge in [-0.3, -0.25) is 0 Å². The number of benzene rings is 1. The van der Waals surface area contributed by atoms with Crippen LogP contribution in [-0.2, 0) is 0 Å². The van der Waals surface area contributed by atoms with Gasteiger partial charge in [0.2, 0.25) is 0 Å². The number of para-hydroxylation sites is 1. The van der Waals surface area contributed by atoms with Crippen molar-refractivity contribution >= 4 is 39.7 Å². The summed E-state index contributed by atoms with van der Waals surface area (Å²) in [5.41, 5.74) is 0.0415. The Balaban J connectivity index is 2.35. The molecule has 2 N–H and O–H groups in total. The number of carboxylic acid groups (broad SMARTS) is 1. The molecule has 1 heterocycles. The van der Waals surface area contributed by atoms with Gasteiger partial charge in [0.05, 0.1) is 10.7 Å². The van der Waals surface area contributed by atoms with E-state index < -0.39 is 11.8 Å². The van der Waals surface area contributed by atoms with Gasteiger partial charge in [-0.2, -0.15) is 0 Å². The Hall–Kier alpha value is -1.66. The predicted molar refractivity (Wildman–Crippen MR) is 68.5 cm³/mol. The summed E-state index contributed by atoms with van der Waals surface area (Å²) in [7, 11) is 0. The van der Waals surface area contributed by atoms with Gasteiger partial charge in [-0.05, 0) is 19.1 Å². The lowest BCUT2D eigenvalue weighted by molar-refractivity contribution is 0.0690. The van der Waals surface area contributed by atoms with E-state index in [0.717, 1.165) is 11.3 Å². The quantitative estimate of drug-likeness (QED) is 0.903. The number of rotatable bonds is 3. The maximum absolute atomic E-state index is 13.5. The minimum Gasteiger partial charge on any atom is -0.476 e. The zero-order chi connectivity index (χ0) is 13.3. The summed E-state index contributed by atoms with van der Waals surface area (Å²) in [5, 5.41) is 12.1. The molecule has 0 atom stereocenters. The molecule has 4 nitrogen and oxygen atoms in total. The van der Waals surface area contributed by atoms with Gasteiger partial charge in [0.1, 0.15) is 5.82 Å². The summed E-state index contributed by atoms with van der Waals surface area (Å²) in [6.07, 6.45) is 0. The molecule has 0 aliphatic heterocycles. The third kappa shape index (κ3) is 2.44. The zero-order valence-electron chi connectivity index (χ0n) is 9.20. The van der Waals surface area contributed by atoms with Crippen LogP contribution in [0.25, 0.3) is 0 Å². The summed E-state index contributed by atoms with van der Waals surface area (Å²) in [6.45, 7) is 1.63. The maximum Gasteiger partial charge on any atom is 0.355 e. The Morgan fingerprint density at radius 1 is 1.56 bits per heavy atom. The van der Waals surface area contributed by atoms with Crippen molar-refractivity contribution in [3.63, 3.8) is 0 Å². The van der Waals surface area contributed by atoms with Crippen LogP contribution in [0.4, 0.5) is 15.2 Å². The first-order chi connectivity index (χ1) is 8.49. The molecule has 94 valence electrons. The van der Waals surface area contributed by atoms with E-state index >= 15 is 0 Å². The molecule has 0 saturated heterocycles. The Labute approximate surface area is 111 Å². The first kappa shape index (κ1) is 12.8. The summed E-state index contributed by atoms with van der Waals surface area (Å²) in [4.78, 5) is 15.2. The molecule has 2 aromatic rings. The Kier molecular flexibility index (Phi) is 3.49. The van der Waals surface area contributed by atoms with Gasteiger partial charge in [-0.25, -0.2) is 14.2 Å². The highest BCUT2D eigenvalue weighted by Crippen LogP contribution is 2.31. The van der Waals surface area contributed by atoms with Gasteiger partial charge in [0, 0.05) is 4.88 Å². The fourth-order valence-electron chi connectivity index (χ4n) is 1.37. The Morgan fingerprint density at radius 3 is 2.83 bits per heavy atom. The Bertz CT molecular complexity index is 595. The minimum absolute atomic E-state index is 0.0463. The first-order valence-corrected chi connectivity index (χ1v) is 6.10. The molecular formula is C11H8ClFN2O2S. The zero-order valence-corrected chi connectivity index (χ0v) is 10.8. The van der Waals surface area contributed by atoms with Crippen molar-refractivity contribution in [2.45, 2.75) is 6.92 Å². The number of aryl methyl sites for hydroxylation is 1. The van der Waals surface area contributed by atoms with Crippen molar-refractivity contribution in [1.82, 2.24) is 4.98 Å². The molecule has 0 aliphatic carbocycles. The lowest BCUT2D eigenvalue weighted by Gasteiger charge is -2.05. The van der Waals surface area contributed by atoms with Crippen molar-refractivity contribution in [2.75, 3.05) is 5.32 Å². The van der Waals surface area contributed by atoms with Crippen molar-refractivity contribution < 1.29 is 14.3 Å². The van der Waals surface area contributed by atoms with E-state index in [0.29, 0.717) is 4.88 Å². The number of carbonyl (C=O) groups is 1. The van der Waals surface area contributed by atoms with Crippen LogP contribution in [0.2, 0.25) is 5.02 Å². The molecule has 0 unspecified atom stereocenters. The summed E-state index contributed by atoms with van der Waals surface area (Å²) in [5.74, 6) is -1.64. The molecule has 0 radical (unpaired) electrons. The fraction of sp³-hybridized carbons (Fsp3) is 0.0909. The van der Waals surface area contributed by atoms with E-state index in [1.807, 2.05) is 0 Å².